The smallest absolute Gasteiger partial charge is 0.148 e. The minimum absolute atomic E-state index is 0.118. The van der Waals surface area contributed by atoms with Crippen molar-refractivity contribution in [3.63, 3.8) is 0 Å². The maximum absolute atomic E-state index is 6.16. The molecule has 0 saturated carbocycles. The van der Waals surface area contributed by atoms with Crippen molar-refractivity contribution in [3.8, 4) is 17.1 Å². The number of benzene rings is 3. The monoisotopic (exact) mass is 440 g/mol. The van der Waals surface area contributed by atoms with E-state index in [0.717, 1.165) is 39.2 Å². The molecule has 1 aromatic heterocycles. The summed E-state index contributed by atoms with van der Waals surface area (Å²) >= 11 is 6.16. The number of nitrogens with one attached hydrogen (secondary N) is 1. The first-order chi connectivity index (χ1) is 15.6. The third kappa shape index (κ3) is 3.92. The molecule has 0 saturated heterocycles. The molecule has 7 heteroatoms. The van der Waals surface area contributed by atoms with Gasteiger partial charge in [0, 0.05) is 29.1 Å². The van der Waals surface area contributed by atoms with Crippen LogP contribution in [0.2, 0.25) is 5.02 Å². The highest BCUT2D eigenvalue weighted by Gasteiger charge is 2.17. The Kier molecular flexibility index (Phi) is 5.29. The van der Waals surface area contributed by atoms with E-state index in [1.54, 1.807) is 18.6 Å². The molecule has 0 spiro atoms. The Hall–Kier alpha value is -3.77. The number of anilines is 2. The number of hydrogen-bond acceptors (Lipinski definition) is 5. The molecule has 2 aliphatic rings. The summed E-state index contributed by atoms with van der Waals surface area (Å²) in [6.07, 6.45) is 4.99. The molecule has 6 nitrogen and oxygen atoms in total. The van der Waals surface area contributed by atoms with Gasteiger partial charge in [-0.3, -0.25) is 9.98 Å². The SMILES string of the molecule is CC(C)/N=c1\cc2n(-c3ccc(Cl)cc3)c3ccccc3nc-2cc1Nc1cnccn1. The van der Waals surface area contributed by atoms with E-state index in [2.05, 4.69) is 45.8 Å². The zero-order valence-corrected chi connectivity index (χ0v) is 18.5. The summed E-state index contributed by atoms with van der Waals surface area (Å²) in [6.45, 7) is 4.12. The molecule has 0 amide bonds. The van der Waals surface area contributed by atoms with Crippen LogP contribution in [0.3, 0.4) is 0 Å². The van der Waals surface area contributed by atoms with E-state index >= 15 is 0 Å². The quantitative estimate of drug-likeness (QED) is 0.368. The summed E-state index contributed by atoms with van der Waals surface area (Å²) in [6, 6.07) is 20.1. The highest BCUT2D eigenvalue weighted by molar-refractivity contribution is 6.30. The van der Waals surface area contributed by atoms with Crippen molar-refractivity contribution >= 4 is 34.1 Å². The van der Waals surface area contributed by atoms with Gasteiger partial charge in [-0.1, -0.05) is 23.7 Å². The Morgan fingerprint density at radius 2 is 1.81 bits per heavy atom. The van der Waals surface area contributed by atoms with E-state index in [1.807, 2.05) is 48.5 Å². The highest BCUT2D eigenvalue weighted by Crippen LogP contribution is 2.30. The van der Waals surface area contributed by atoms with E-state index in [-0.39, 0.29) is 6.04 Å². The average molecular weight is 441 g/mol. The molecule has 2 heterocycles. The standard InChI is InChI=1S/C25H21ClN6/c1-16(2)29-21-14-24-22(13-20(21)31-25-15-27-11-12-28-25)30-19-5-3-4-6-23(19)32(24)18-9-7-17(26)8-10-18/h3-16H,1-2H3,(H,28,31)/b29-21+. The first-order valence-corrected chi connectivity index (χ1v) is 10.7. The van der Waals surface area contributed by atoms with E-state index in [4.69, 9.17) is 21.6 Å². The predicted octanol–water partition coefficient (Wildman–Crippen LogP) is 5.63. The zero-order chi connectivity index (χ0) is 22.1. The van der Waals surface area contributed by atoms with Gasteiger partial charge in [-0.2, -0.15) is 0 Å². The van der Waals surface area contributed by atoms with Crippen LogP contribution in [0, 0.1) is 0 Å². The minimum Gasteiger partial charge on any atom is -0.337 e. The van der Waals surface area contributed by atoms with Crippen LogP contribution in [-0.4, -0.2) is 25.6 Å². The van der Waals surface area contributed by atoms with Crippen LogP contribution in [0.25, 0.3) is 28.1 Å². The Labute approximate surface area is 190 Å². The molecule has 2 aromatic carbocycles. The number of para-hydroxylation sites is 2. The molecule has 0 fully saturated rings. The fourth-order valence-electron chi connectivity index (χ4n) is 3.70. The third-order valence-corrected chi connectivity index (χ3v) is 5.26. The third-order valence-electron chi connectivity index (χ3n) is 5.01. The summed E-state index contributed by atoms with van der Waals surface area (Å²) in [5.74, 6) is 0.651. The summed E-state index contributed by atoms with van der Waals surface area (Å²) in [7, 11) is 0. The van der Waals surface area contributed by atoms with Crippen LogP contribution < -0.4 is 10.7 Å². The van der Waals surface area contributed by atoms with Gasteiger partial charge in [0.25, 0.3) is 0 Å². The van der Waals surface area contributed by atoms with Crippen molar-refractivity contribution in [1.29, 1.82) is 0 Å². The van der Waals surface area contributed by atoms with Crippen molar-refractivity contribution in [3.05, 3.63) is 89.6 Å². The van der Waals surface area contributed by atoms with E-state index in [0.29, 0.717) is 10.8 Å². The summed E-state index contributed by atoms with van der Waals surface area (Å²) < 4.78 is 2.19. The Bertz CT molecular complexity index is 1430. The van der Waals surface area contributed by atoms with Gasteiger partial charge in [0.2, 0.25) is 0 Å². The number of nitrogens with zero attached hydrogens (tertiary/aromatic N) is 5. The number of halogens is 1. The van der Waals surface area contributed by atoms with Gasteiger partial charge in [0.1, 0.15) is 5.82 Å². The molecule has 1 aliphatic carbocycles. The molecule has 1 N–H and O–H groups in total. The lowest BCUT2D eigenvalue weighted by molar-refractivity contribution is 0.805. The van der Waals surface area contributed by atoms with Crippen LogP contribution in [0.4, 0.5) is 11.5 Å². The highest BCUT2D eigenvalue weighted by atomic mass is 35.5. The minimum atomic E-state index is 0.118. The first kappa shape index (κ1) is 20.2. The summed E-state index contributed by atoms with van der Waals surface area (Å²) in [4.78, 5) is 18.3. The molecular formula is C25H21ClN6. The molecule has 32 heavy (non-hydrogen) atoms. The molecular weight excluding hydrogens is 420 g/mol. The predicted molar refractivity (Wildman–Crippen MR) is 129 cm³/mol. The van der Waals surface area contributed by atoms with Gasteiger partial charge in [-0.05, 0) is 62.4 Å². The zero-order valence-electron chi connectivity index (χ0n) is 17.7. The van der Waals surface area contributed by atoms with Crippen molar-refractivity contribution in [1.82, 2.24) is 19.5 Å². The van der Waals surface area contributed by atoms with Crippen LogP contribution in [0.1, 0.15) is 13.8 Å². The summed E-state index contributed by atoms with van der Waals surface area (Å²) in [5.41, 5.74) is 5.53. The van der Waals surface area contributed by atoms with Crippen LogP contribution in [0.15, 0.2) is 84.2 Å². The lowest BCUT2D eigenvalue weighted by Gasteiger charge is -2.20. The second kappa shape index (κ2) is 8.40. The Morgan fingerprint density at radius 3 is 2.56 bits per heavy atom. The van der Waals surface area contributed by atoms with Gasteiger partial charge in [-0.25, -0.2) is 9.97 Å². The van der Waals surface area contributed by atoms with Gasteiger partial charge in [-0.15, -0.1) is 0 Å². The number of hydrogen-bond donors (Lipinski definition) is 1. The maximum atomic E-state index is 6.16. The number of aromatic nitrogens is 4. The number of fused-ring (bicyclic) bond motifs is 2. The first-order valence-electron chi connectivity index (χ1n) is 10.4. The molecule has 3 aromatic rings. The Morgan fingerprint density at radius 1 is 1.00 bits per heavy atom. The van der Waals surface area contributed by atoms with Gasteiger partial charge >= 0.3 is 0 Å². The van der Waals surface area contributed by atoms with Gasteiger partial charge in [0.15, 0.2) is 0 Å². The molecule has 5 rings (SSSR count). The van der Waals surface area contributed by atoms with E-state index in [9.17, 15) is 0 Å². The lowest BCUT2D eigenvalue weighted by Crippen LogP contribution is -2.16. The molecule has 1 aliphatic heterocycles. The Balaban J connectivity index is 1.83. The molecule has 0 radical (unpaired) electrons. The van der Waals surface area contributed by atoms with E-state index < -0.39 is 0 Å². The van der Waals surface area contributed by atoms with Gasteiger partial charge < -0.3 is 9.88 Å². The van der Waals surface area contributed by atoms with Crippen molar-refractivity contribution in [2.45, 2.75) is 19.9 Å². The van der Waals surface area contributed by atoms with E-state index in [1.165, 1.54) is 0 Å². The van der Waals surface area contributed by atoms with Crippen LogP contribution >= 0.6 is 11.6 Å². The fraction of sp³-hybridized carbons (Fsp3) is 0.120. The van der Waals surface area contributed by atoms with Crippen molar-refractivity contribution < 1.29 is 0 Å². The fourth-order valence-corrected chi connectivity index (χ4v) is 3.82. The topological polar surface area (TPSA) is 68.0 Å². The lowest BCUT2D eigenvalue weighted by atomic mass is 10.1. The maximum Gasteiger partial charge on any atom is 0.148 e. The second-order valence-corrected chi connectivity index (χ2v) is 8.15. The summed E-state index contributed by atoms with van der Waals surface area (Å²) in [5, 5.41) is 4.88. The number of rotatable bonds is 4. The van der Waals surface area contributed by atoms with Crippen LogP contribution in [-0.2, 0) is 0 Å². The van der Waals surface area contributed by atoms with Gasteiger partial charge in [0.05, 0.1) is 39.7 Å². The molecule has 0 atom stereocenters. The normalized spacial score (nSPS) is 12.1. The van der Waals surface area contributed by atoms with Crippen LogP contribution in [0.5, 0.6) is 0 Å². The molecule has 0 bridgehead atoms. The molecule has 158 valence electrons. The second-order valence-electron chi connectivity index (χ2n) is 7.71. The average Bonchev–Trinajstić information content (AvgIpc) is 2.79. The largest absolute Gasteiger partial charge is 0.337 e. The molecule has 0 unspecified atom stereocenters. The van der Waals surface area contributed by atoms with Crippen molar-refractivity contribution in [2.24, 2.45) is 4.99 Å². The van der Waals surface area contributed by atoms with Crippen molar-refractivity contribution in [2.75, 3.05) is 5.32 Å².